The molecule has 90 valence electrons. The second kappa shape index (κ2) is 7.65. The first kappa shape index (κ1) is 13.5. The summed E-state index contributed by atoms with van der Waals surface area (Å²) in [7, 11) is 3.35. The van der Waals surface area contributed by atoms with Gasteiger partial charge in [-0.25, -0.2) is 0 Å². The Balaban J connectivity index is 2.26. The predicted octanol–water partition coefficient (Wildman–Crippen LogP) is 2.88. The molecule has 0 aromatic heterocycles. The zero-order valence-corrected chi connectivity index (χ0v) is 11.2. The third-order valence-electron chi connectivity index (χ3n) is 2.21. The summed E-state index contributed by atoms with van der Waals surface area (Å²) in [6.07, 6.45) is 0.917. The Kier molecular flexibility index (Phi) is 6.45. The summed E-state index contributed by atoms with van der Waals surface area (Å²) in [5.74, 6) is 0.871. The second-order valence-electron chi connectivity index (χ2n) is 3.40. The van der Waals surface area contributed by atoms with Crippen LogP contribution in [0, 0.1) is 0 Å². The van der Waals surface area contributed by atoms with Gasteiger partial charge in [0.1, 0.15) is 5.75 Å². The first-order valence-corrected chi connectivity index (χ1v) is 5.95. The monoisotopic (exact) mass is 288 g/mol. The lowest BCUT2D eigenvalue weighted by atomic mass is 10.3. The molecule has 0 aliphatic carbocycles. The average molecular weight is 289 g/mol. The molecule has 1 aromatic rings. The second-order valence-corrected chi connectivity index (χ2v) is 4.32. The van der Waals surface area contributed by atoms with E-state index in [1.807, 2.05) is 24.3 Å². The zero-order chi connectivity index (χ0) is 11.8. The maximum absolute atomic E-state index is 5.58. The van der Waals surface area contributed by atoms with Crippen molar-refractivity contribution in [2.24, 2.45) is 0 Å². The van der Waals surface area contributed by atoms with Gasteiger partial charge in [-0.1, -0.05) is 15.9 Å². The number of hydrogen-bond donors (Lipinski definition) is 0. The van der Waals surface area contributed by atoms with Gasteiger partial charge < -0.3 is 14.2 Å². The van der Waals surface area contributed by atoms with E-state index < -0.39 is 0 Å². The van der Waals surface area contributed by atoms with Crippen LogP contribution >= 0.6 is 15.9 Å². The van der Waals surface area contributed by atoms with Crippen molar-refractivity contribution in [3.63, 3.8) is 0 Å². The molecule has 0 bridgehead atoms. The van der Waals surface area contributed by atoms with Crippen LogP contribution in [0.15, 0.2) is 28.7 Å². The SMILES string of the molecule is COC[C@H](CCOc1ccc(Br)cc1)OC. The minimum Gasteiger partial charge on any atom is -0.493 e. The van der Waals surface area contributed by atoms with Gasteiger partial charge in [-0.2, -0.15) is 0 Å². The molecule has 3 nitrogen and oxygen atoms in total. The Morgan fingerprint density at radius 3 is 2.44 bits per heavy atom. The van der Waals surface area contributed by atoms with Crippen LogP contribution in [-0.4, -0.2) is 33.5 Å². The molecule has 0 aliphatic rings. The van der Waals surface area contributed by atoms with E-state index in [-0.39, 0.29) is 6.10 Å². The molecule has 0 spiro atoms. The average Bonchev–Trinajstić information content (AvgIpc) is 2.30. The summed E-state index contributed by atoms with van der Waals surface area (Å²) in [4.78, 5) is 0. The highest BCUT2D eigenvalue weighted by Gasteiger charge is 2.06. The van der Waals surface area contributed by atoms with Gasteiger partial charge in [-0.3, -0.25) is 0 Å². The largest absolute Gasteiger partial charge is 0.493 e. The van der Waals surface area contributed by atoms with Crippen molar-refractivity contribution in [2.75, 3.05) is 27.4 Å². The number of benzene rings is 1. The molecular weight excluding hydrogens is 272 g/mol. The maximum Gasteiger partial charge on any atom is 0.119 e. The molecule has 0 saturated heterocycles. The van der Waals surface area contributed by atoms with Gasteiger partial charge >= 0.3 is 0 Å². The minimum absolute atomic E-state index is 0.0976. The van der Waals surface area contributed by atoms with Crippen LogP contribution in [0.2, 0.25) is 0 Å². The first-order chi connectivity index (χ1) is 7.76. The molecular formula is C12H17BrO3. The van der Waals surface area contributed by atoms with Crippen molar-refractivity contribution < 1.29 is 14.2 Å². The molecule has 0 radical (unpaired) electrons. The highest BCUT2D eigenvalue weighted by atomic mass is 79.9. The Labute approximate surface area is 105 Å². The van der Waals surface area contributed by atoms with E-state index in [1.165, 1.54) is 0 Å². The third kappa shape index (κ3) is 4.96. The van der Waals surface area contributed by atoms with Gasteiger partial charge in [0, 0.05) is 25.1 Å². The number of ether oxygens (including phenoxy) is 3. The lowest BCUT2D eigenvalue weighted by Crippen LogP contribution is -2.20. The Morgan fingerprint density at radius 2 is 1.88 bits per heavy atom. The summed E-state index contributed by atoms with van der Waals surface area (Å²) in [5, 5.41) is 0. The van der Waals surface area contributed by atoms with Gasteiger partial charge in [-0.05, 0) is 24.3 Å². The fourth-order valence-electron chi connectivity index (χ4n) is 1.29. The van der Waals surface area contributed by atoms with E-state index in [1.54, 1.807) is 14.2 Å². The molecule has 0 fully saturated rings. The first-order valence-electron chi connectivity index (χ1n) is 5.16. The molecule has 16 heavy (non-hydrogen) atoms. The van der Waals surface area contributed by atoms with Gasteiger partial charge in [0.25, 0.3) is 0 Å². The lowest BCUT2D eigenvalue weighted by Gasteiger charge is -2.14. The number of hydrogen-bond acceptors (Lipinski definition) is 3. The summed E-state index contributed by atoms with van der Waals surface area (Å²) in [6.45, 7) is 1.23. The number of halogens is 1. The molecule has 0 amide bonds. The third-order valence-corrected chi connectivity index (χ3v) is 2.74. The van der Waals surface area contributed by atoms with Crippen LogP contribution in [0.3, 0.4) is 0 Å². The van der Waals surface area contributed by atoms with Gasteiger partial charge in [0.15, 0.2) is 0 Å². The molecule has 0 saturated carbocycles. The van der Waals surface area contributed by atoms with Crippen LogP contribution in [-0.2, 0) is 9.47 Å². The van der Waals surface area contributed by atoms with Crippen LogP contribution in [0.4, 0.5) is 0 Å². The van der Waals surface area contributed by atoms with E-state index in [4.69, 9.17) is 14.2 Å². The van der Waals surface area contributed by atoms with Crippen molar-refractivity contribution >= 4 is 15.9 Å². The molecule has 0 heterocycles. The quantitative estimate of drug-likeness (QED) is 0.772. The van der Waals surface area contributed by atoms with E-state index in [0.717, 1.165) is 16.6 Å². The summed E-state index contributed by atoms with van der Waals surface area (Å²) in [6, 6.07) is 7.78. The fourth-order valence-corrected chi connectivity index (χ4v) is 1.56. The summed E-state index contributed by atoms with van der Waals surface area (Å²) in [5.41, 5.74) is 0. The maximum atomic E-state index is 5.58. The Bertz CT molecular complexity index is 287. The zero-order valence-electron chi connectivity index (χ0n) is 9.61. The molecule has 1 rings (SSSR count). The Hall–Kier alpha value is -0.580. The standard InChI is InChI=1S/C12H17BrO3/c1-14-9-12(15-2)7-8-16-11-5-3-10(13)4-6-11/h3-6,12H,7-9H2,1-2H3/t12-/m0/s1. The van der Waals surface area contributed by atoms with Gasteiger partial charge in [0.05, 0.1) is 19.3 Å². The van der Waals surface area contributed by atoms with Crippen LogP contribution in [0.1, 0.15) is 6.42 Å². The molecule has 0 N–H and O–H groups in total. The van der Waals surface area contributed by atoms with Crippen LogP contribution < -0.4 is 4.74 Å². The van der Waals surface area contributed by atoms with E-state index in [0.29, 0.717) is 13.2 Å². The highest BCUT2D eigenvalue weighted by Crippen LogP contribution is 2.16. The lowest BCUT2D eigenvalue weighted by molar-refractivity contribution is 0.0161. The van der Waals surface area contributed by atoms with E-state index >= 15 is 0 Å². The smallest absolute Gasteiger partial charge is 0.119 e. The van der Waals surface area contributed by atoms with E-state index in [9.17, 15) is 0 Å². The molecule has 1 aromatic carbocycles. The topological polar surface area (TPSA) is 27.7 Å². The van der Waals surface area contributed by atoms with Crippen molar-refractivity contribution in [3.05, 3.63) is 28.7 Å². The van der Waals surface area contributed by atoms with E-state index in [2.05, 4.69) is 15.9 Å². The molecule has 1 atom stereocenters. The van der Waals surface area contributed by atoms with Crippen molar-refractivity contribution in [3.8, 4) is 5.75 Å². The minimum atomic E-state index is 0.0976. The normalized spacial score (nSPS) is 12.4. The summed E-state index contributed by atoms with van der Waals surface area (Å²) >= 11 is 3.38. The Morgan fingerprint density at radius 1 is 1.19 bits per heavy atom. The number of rotatable bonds is 7. The molecule has 0 aliphatic heterocycles. The predicted molar refractivity (Wildman–Crippen MR) is 66.9 cm³/mol. The van der Waals surface area contributed by atoms with Crippen molar-refractivity contribution in [1.82, 2.24) is 0 Å². The summed E-state index contributed by atoms with van der Waals surface area (Å²) < 4.78 is 16.9. The van der Waals surface area contributed by atoms with Crippen molar-refractivity contribution in [1.29, 1.82) is 0 Å². The molecule has 4 heteroatoms. The van der Waals surface area contributed by atoms with Crippen LogP contribution in [0.25, 0.3) is 0 Å². The number of methoxy groups -OCH3 is 2. The van der Waals surface area contributed by atoms with Crippen LogP contribution in [0.5, 0.6) is 5.75 Å². The molecule has 0 unspecified atom stereocenters. The highest BCUT2D eigenvalue weighted by molar-refractivity contribution is 9.10. The van der Waals surface area contributed by atoms with Gasteiger partial charge in [0.2, 0.25) is 0 Å². The van der Waals surface area contributed by atoms with Crippen molar-refractivity contribution in [2.45, 2.75) is 12.5 Å². The fraction of sp³-hybridized carbons (Fsp3) is 0.500. The van der Waals surface area contributed by atoms with Gasteiger partial charge in [-0.15, -0.1) is 0 Å².